The van der Waals surface area contributed by atoms with Crippen LogP contribution in [0.25, 0.3) is 0 Å². The largest absolute Gasteiger partial charge is 0.465 e. The van der Waals surface area contributed by atoms with Gasteiger partial charge in [-0.05, 0) is 17.7 Å². The number of para-hydroxylation sites is 1. The van der Waals surface area contributed by atoms with E-state index in [1.807, 2.05) is 48.5 Å². The molecule has 4 N–H and O–H groups in total. The lowest BCUT2D eigenvalue weighted by Gasteiger charge is -2.17. The zero-order valence-corrected chi connectivity index (χ0v) is 11.8. The molecule has 1 atom stereocenters. The summed E-state index contributed by atoms with van der Waals surface area (Å²) in [6.07, 6.45) is -0.967. The first-order chi connectivity index (χ1) is 10.6. The molecule has 2 aromatic rings. The fourth-order valence-electron chi connectivity index (χ4n) is 1.95. The van der Waals surface area contributed by atoms with Crippen molar-refractivity contribution in [1.29, 1.82) is 0 Å². The third kappa shape index (κ3) is 4.82. The van der Waals surface area contributed by atoms with Gasteiger partial charge < -0.3 is 10.4 Å². The van der Waals surface area contributed by atoms with Crippen LogP contribution in [-0.4, -0.2) is 23.1 Å². The van der Waals surface area contributed by atoms with Crippen LogP contribution in [0.1, 0.15) is 5.56 Å². The van der Waals surface area contributed by atoms with Crippen molar-refractivity contribution in [3.05, 3.63) is 66.2 Å². The lowest BCUT2D eigenvalue weighted by molar-refractivity contribution is -0.122. The lowest BCUT2D eigenvalue weighted by atomic mass is 10.1. The number of nitrogens with one attached hydrogen (secondary N) is 3. The minimum absolute atomic E-state index is 0.273. The smallest absolute Gasteiger partial charge is 0.405 e. The van der Waals surface area contributed by atoms with Gasteiger partial charge in [0.05, 0.1) is 5.69 Å². The number of amides is 2. The van der Waals surface area contributed by atoms with Gasteiger partial charge >= 0.3 is 6.09 Å². The molecule has 22 heavy (non-hydrogen) atoms. The van der Waals surface area contributed by atoms with Crippen molar-refractivity contribution < 1.29 is 14.7 Å². The van der Waals surface area contributed by atoms with Gasteiger partial charge in [0.2, 0.25) is 0 Å². The Bertz CT molecular complexity index is 617. The molecule has 2 amide bonds. The summed E-state index contributed by atoms with van der Waals surface area (Å²) in [6.45, 7) is 0. The van der Waals surface area contributed by atoms with E-state index < -0.39 is 18.0 Å². The molecule has 6 heteroatoms. The van der Waals surface area contributed by atoms with Gasteiger partial charge in [0.1, 0.15) is 6.04 Å². The number of rotatable bonds is 6. The summed E-state index contributed by atoms with van der Waals surface area (Å²) in [6, 6.07) is 17.4. The molecule has 0 saturated carbocycles. The van der Waals surface area contributed by atoms with Crippen molar-refractivity contribution in [2.24, 2.45) is 0 Å². The third-order valence-electron chi connectivity index (χ3n) is 3.00. The van der Waals surface area contributed by atoms with Crippen LogP contribution >= 0.6 is 0 Å². The fraction of sp³-hybridized carbons (Fsp3) is 0.125. The van der Waals surface area contributed by atoms with Crippen LogP contribution in [0.5, 0.6) is 0 Å². The summed E-state index contributed by atoms with van der Waals surface area (Å²) < 4.78 is 0. The molecular weight excluding hydrogens is 282 g/mol. The molecule has 0 aliphatic carbocycles. The molecule has 6 nitrogen and oxygen atoms in total. The minimum atomic E-state index is -1.24. The molecule has 0 bridgehead atoms. The van der Waals surface area contributed by atoms with Crippen LogP contribution in [0.15, 0.2) is 60.7 Å². The summed E-state index contributed by atoms with van der Waals surface area (Å²) in [5, 5.41) is 11.1. The Kier molecular flexibility index (Phi) is 5.37. The van der Waals surface area contributed by atoms with Crippen LogP contribution in [0.3, 0.4) is 0 Å². The highest BCUT2D eigenvalue weighted by atomic mass is 16.4. The van der Waals surface area contributed by atoms with Crippen LogP contribution in [-0.2, 0) is 11.2 Å². The Morgan fingerprint density at radius 2 is 1.55 bits per heavy atom. The van der Waals surface area contributed by atoms with Crippen LogP contribution in [0.4, 0.5) is 10.5 Å². The van der Waals surface area contributed by atoms with Crippen molar-refractivity contribution >= 4 is 17.7 Å². The minimum Gasteiger partial charge on any atom is -0.465 e. The van der Waals surface area contributed by atoms with Crippen molar-refractivity contribution in [1.82, 2.24) is 10.7 Å². The average molecular weight is 299 g/mol. The molecule has 0 heterocycles. The molecule has 0 radical (unpaired) electrons. The first kappa shape index (κ1) is 15.4. The number of hydrogen-bond acceptors (Lipinski definition) is 3. The molecule has 114 valence electrons. The van der Waals surface area contributed by atoms with Crippen molar-refractivity contribution in [2.75, 3.05) is 5.43 Å². The maximum atomic E-state index is 12.2. The number of anilines is 1. The van der Waals surface area contributed by atoms with Gasteiger partial charge in [-0.1, -0.05) is 48.5 Å². The van der Waals surface area contributed by atoms with E-state index in [2.05, 4.69) is 16.2 Å². The molecule has 0 aliphatic heterocycles. The molecule has 0 fully saturated rings. The number of hydrazine groups is 1. The van der Waals surface area contributed by atoms with Gasteiger partial charge in [-0.2, -0.15) is 0 Å². The van der Waals surface area contributed by atoms with E-state index in [0.717, 1.165) is 5.56 Å². The van der Waals surface area contributed by atoms with Crippen LogP contribution in [0.2, 0.25) is 0 Å². The topological polar surface area (TPSA) is 90.5 Å². The Morgan fingerprint density at radius 1 is 0.955 bits per heavy atom. The summed E-state index contributed by atoms with van der Waals surface area (Å²) in [7, 11) is 0. The van der Waals surface area contributed by atoms with Gasteiger partial charge in [-0.15, -0.1) is 0 Å². The second-order valence-electron chi connectivity index (χ2n) is 4.67. The molecule has 1 unspecified atom stereocenters. The third-order valence-corrected chi connectivity index (χ3v) is 3.00. The molecule has 2 aromatic carbocycles. The van der Waals surface area contributed by atoms with Crippen molar-refractivity contribution in [3.63, 3.8) is 0 Å². The van der Waals surface area contributed by atoms with E-state index in [4.69, 9.17) is 5.11 Å². The predicted molar refractivity (Wildman–Crippen MR) is 83.3 cm³/mol. The highest BCUT2D eigenvalue weighted by Gasteiger charge is 2.20. The molecule has 0 saturated heterocycles. The van der Waals surface area contributed by atoms with Crippen molar-refractivity contribution in [3.8, 4) is 0 Å². The summed E-state index contributed by atoms with van der Waals surface area (Å²) in [5.74, 6) is -0.449. The second-order valence-corrected chi connectivity index (χ2v) is 4.67. The quantitative estimate of drug-likeness (QED) is 0.614. The lowest BCUT2D eigenvalue weighted by Crippen LogP contribution is -2.49. The van der Waals surface area contributed by atoms with Gasteiger partial charge in [0.15, 0.2) is 0 Å². The molecule has 2 rings (SSSR count). The summed E-state index contributed by atoms with van der Waals surface area (Å²) in [5.41, 5.74) is 6.85. The number of carboxylic acid groups (broad SMARTS) is 1. The SMILES string of the molecule is O=C(O)NC(Cc1ccccc1)C(=O)NNc1ccccc1. The summed E-state index contributed by atoms with van der Waals surface area (Å²) in [4.78, 5) is 23.0. The van der Waals surface area contributed by atoms with Gasteiger partial charge in [0.25, 0.3) is 5.91 Å². The van der Waals surface area contributed by atoms with E-state index >= 15 is 0 Å². The number of carbonyl (C=O) groups excluding carboxylic acids is 1. The Morgan fingerprint density at radius 3 is 2.14 bits per heavy atom. The number of carbonyl (C=O) groups is 2. The highest BCUT2D eigenvalue weighted by molar-refractivity contribution is 5.86. The number of hydrogen-bond donors (Lipinski definition) is 4. The molecule has 0 aromatic heterocycles. The van der Waals surface area contributed by atoms with Gasteiger partial charge in [-0.3, -0.25) is 15.6 Å². The Hall–Kier alpha value is -3.02. The first-order valence-electron chi connectivity index (χ1n) is 6.79. The monoisotopic (exact) mass is 299 g/mol. The van der Waals surface area contributed by atoms with E-state index in [9.17, 15) is 9.59 Å². The standard InChI is InChI=1S/C16H17N3O3/c20-15(19-18-13-9-5-2-6-10-13)14(17-16(21)22)11-12-7-3-1-4-8-12/h1-10,14,17-18H,11H2,(H,19,20)(H,21,22). The Labute approximate surface area is 128 Å². The summed E-state index contributed by atoms with van der Waals surface area (Å²) >= 11 is 0. The zero-order valence-electron chi connectivity index (χ0n) is 11.8. The molecular formula is C16H17N3O3. The van der Waals surface area contributed by atoms with Crippen LogP contribution < -0.4 is 16.2 Å². The number of benzene rings is 2. The van der Waals surface area contributed by atoms with E-state index in [1.54, 1.807) is 12.1 Å². The van der Waals surface area contributed by atoms with E-state index in [0.29, 0.717) is 5.69 Å². The molecule has 0 aliphatic rings. The maximum Gasteiger partial charge on any atom is 0.405 e. The molecule has 0 spiro atoms. The zero-order chi connectivity index (χ0) is 15.8. The second kappa shape index (κ2) is 7.68. The van der Waals surface area contributed by atoms with E-state index in [1.165, 1.54) is 0 Å². The predicted octanol–water partition coefficient (Wildman–Crippen LogP) is 2.01. The fourth-order valence-corrected chi connectivity index (χ4v) is 1.95. The normalized spacial score (nSPS) is 11.3. The van der Waals surface area contributed by atoms with Gasteiger partial charge in [0, 0.05) is 6.42 Å². The first-order valence-corrected chi connectivity index (χ1v) is 6.79. The van der Waals surface area contributed by atoms with E-state index in [-0.39, 0.29) is 6.42 Å². The highest BCUT2D eigenvalue weighted by Crippen LogP contribution is 2.05. The van der Waals surface area contributed by atoms with Gasteiger partial charge in [-0.25, -0.2) is 4.79 Å². The van der Waals surface area contributed by atoms with Crippen LogP contribution in [0, 0.1) is 0 Å². The Balaban J connectivity index is 1.98. The maximum absolute atomic E-state index is 12.2. The average Bonchev–Trinajstić information content (AvgIpc) is 2.53. The van der Waals surface area contributed by atoms with Crippen molar-refractivity contribution in [2.45, 2.75) is 12.5 Å².